The Kier molecular flexibility index (Phi) is 2.08. The van der Waals surface area contributed by atoms with E-state index in [9.17, 15) is 0 Å². The molecule has 0 amide bonds. The van der Waals surface area contributed by atoms with Gasteiger partial charge in [-0.15, -0.1) is 0 Å². The minimum absolute atomic E-state index is 0.216. The number of allylic oxidation sites excluding steroid dienone is 3. The lowest BCUT2D eigenvalue weighted by Crippen LogP contribution is -2.25. The van der Waals surface area contributed by atoms with Crippen molar-refractivity contribution in [3.05, 3.63) is 54.3 Å². The number of benzene rings is 1. The van der Waals surface area contributed by atoms with Crippen LogP contribution < -0.4 is 10.9 Å². The van der Waals surface area contributed by atoms with E-state index in [0.29, 0.717) is 5.92 Å². The van der Waals surface area contributed by atoms with Crippen molar-refractivity contribution in [3.8, 4) is 0 Å². The van der Waals surface area contributed by atoms with Crippen molar-refractivity contribution in [1.82, 2.24) is 5.43 Å². The molecule has 3 nitrogen and oxygen atoms in total. The summed E-state index contributed by atoms with van der Waals surface area (Å²) >= 11 is 0. The fraction of sp³-hybridized carbons (Fsp3) is 0.200. The van der Waals surface area contributed by atoms with Crippen LogP contribution in [0.3, 0.4) is 0 Å². The monoisotopic (exact) mass is 238 g/mol. The van der Waals surface area contributed by atoms with Crippen molar-refractivity contribution >= 4 is 16.7 Å². The minimum atomic E-state index is 0.216. The predicted octanol–water partition coefficient (Wildman–Crippen LogP) is 3.54. The zero-order chi connectivity index (χ0) is 11.9. The Morgan fingerprint density at radius 1 is 1.17 bits per heavy atom. The molecule has 1 aromatic carbocycles. The molecule has 2 unspecified atom stereocenters. The third-order valence-corrected chi connectivity index (χ3v) is 3.70. The average Bonchev–Trinajstić information content (AvgIpc) is 2.98. The summed E-state index contributed by atoms with van der Waals surface area (Å²) in [6, 6.07) is 8.37. The van der Waals surface area contributed by atoms with Gasteiger partial charge in [-0.05, 0) is 18.6 Å². The summed E-state index contributed by atoms with van der Waals surface area (Å²) < 4.78 is 5.99. The van der Waals surface area contributed by atoms with Gasteiger partial charge < -0.3 is 9.84 Å². The molecule has 4 rings (SSSR count). The van der Waals surface area contributed by atoms with Crippen molar-refractivity contribution in [2.24, 2.45) is 5.92 Å². The molecule has 1 aromatic heterocycles. The summed E-state index contributed by atoms with van der Waals surface area (Å²) in [4.78, 5) is 0. The highest BCUT2D eigenvalue weighted by molar-refractivity contribution is 5.93. The Morgan fingerprint density at radius 3 is 3.00 bits per heavy atom. The maximum Gasteiger partial charge on any atom is 0.149 e. The smallest absolute Gasteiger partial charge is 0.149 e. The van der Waals surface area contributed by atoms with E-state index in [4.69, 9.17) is 4.42 Å². The van der Waals surface area contributed by atoms with Gasteiger partial charge in [0.05, 0.1) is 6.04 Å². The van der Waals surface area contributed by atoms with Gasteiger partial charge >= 0.3 is 0 Å². The number of para-hydroxylation sites is 1. The molecule has 2 aliphatic rings. The number of nitrogens with one attached hydrogen (secondary N) is 2. The number of anilines is 1. The summed E-state index contributed by atoms with van der Waals surface area (Å²) in [5.41, 5.74) is 8.66. The van der Waals surface area contributed by atoms with Crippen molar-refractivity contribution < 1.29 is 4.42 Å². The van der Waals surface area contributed by atoms with Gasteiger partial charge in [0.1, 0.15) is 17.0 Å². The Bertz CT molecular complexity index is 654. The van der Waals surface area contributed by atoms with Gasteiger partial charge in [-0.2, -0.15) is 0 Å². The number of furan rings is 1. The topological polar surface area (TPSA) is 37.2 Å². The Morgan fingerprint density at radius 2 is 2.11 bits per heavy atom. The first-order valence-electron chi connectivity index (χ1n) is 6.30. The Balaban J connectivity index is 1.79. The first kappa shape index (κ1) is 9.97. The van der Waals surface area contributed by atoms with Crippen molar-refractivity contribution in [2.75, 3.05) is 5.43 Å². The van der Waals surface area contributed by atoms with Crippen LogP contribution in [-0.4, -0.2) is 0 Å². The number of fused-ring (bicyclic) bond motifs is 3. The fourth-order valence-electron chi connectivity index (χ4n) is 2.78. The van der Waals surface area contributed by atoms with Gasteiger partial charge in [0.2, 0.25) is 0 Å². The van der Waals surface area contributed by atoms with E-state index in [1.165, 1.54) is 0 Å². The SMILES string of the molecule is C1=CCC(C2NNc3c2oc2ccccc32)C=C1. The summed E-state index contributed by atoms with van der Waals surface area (Å²) in [6.45, 7) is 0. The molecule has 1 aliphatic heterocycles. The molecule has 2 aromatic rings. The van der Waals surface area contributed by atoms with Gasteiger partial charge in [0, 0.05) is 11.3 Å². The van der Waals surface area contributed by atoms with Crippen molar-refractivity contribution in [1.29, 1.82) is 0 Å². The average molecular weight is 238 g/mol. The van der Waals surface area contributed by atoms with E-state index in [0.717, 1.165) is 28.8 Å². The molecule has 90 valence electrons. The van der Waals surface area contributed by atoms with E-state index >= 15 is 0 Å². The van der Waals surface area contributed by atoms with Crippen LogP contribution >= 0.6 is 0 Å². The predicted molar refractivity (Wildman–Crippen MR) is 72.1 cm³/mol. The summed E-state index contributed by atoms with van der Waals surface area (Å²) in [5, 5.41) is 1.15. The van der Waals surface area contributed by atoms with Crippen LogP contribution in [0.5, 0.6) is 0 Å². The lowest BCUT2D eigenvalue weighted by molar-refractivity contribution is 0.398. The maximum absolute atomic E-state index is 5.99. The fourth-order valence-corrected chi connectivity index (χ4v) is 2.78. The molecule has 1 aliphatic carbocycles. The van der Waals surface area contributed by atoms with Crippen LogP contribution in [-0.2, 0) is 0 Å². The van der Waals surface area contributed by atoms with E-state index < -0.39 is 0 Å². The van der Waals surface area contributed by atoms with Gasteiger partial charge in [0.15, 0.2) is 0 Å². The lowest BCUT2D eigenvalue weighted by atomic mass is 9.92. The lowest BCUT2D eigenvalue weighted by Gasteiger charge is -2.19. The third-order valence-electron chi connectivity index (χ3n) is 3.70. The highest BCUT2D eigenvalue weighted by atomic mass is 16.3. The van der Waals surface area contributed by atoms with E-state index in [1.807, 2.05) is 18.2 Å². The molecular weight excluding hydrogens is 224 g/mol. The molecular formula is C15H14N2O. The van der Waals surface area contributed by atoms with Crippen LogP contribution in [0.15, 0.2) is 53.0 Å². The molecule has 3 heteroatoms. The second-order valence-electron chi connectivity index (χ2n) is 4.80. The standard InChI is InChI=1S/C15H14N2O/c1-2-6-10(7-3-1)13-15-14(17-16-13)11-8-4-5-9-12(11)18-15/h1-6,8-10,13,16-17H,7H2. The molecule has 0 saturated carbocycles. The quantitative estimate of drug-likeness (QED) is 0.798. The molecule has 2 atom stereocenters. The van der Waals surface area contributed by atoms with E-state index in [2.05, 4.69) is 41.2 Å². The minimum Gasteiger partial charge on any atom is -0.457 e. The summed E-state index contributed by atoms with van der Waals surface area (Å²) in [5.74, 6) is 1.48. The molecule has 2 N–H and O–H groups in total. The van der Waals surface area contributed by atoms with E-state index in [-0.39, 0.29) is 6.04 Å². The summed E-state index contributed by atoms with van der Waals surface area (Å²) in [7, 11) is 0. The molecule has 0 bridgehead atoms. The molecule has 0 fully saturated rings. The molecule has 0 saturated heterocycles. The zero-order valence-corrected chi connectivity index (χ0v) is 9.89. The number of hydrogen-bond donors (Lipinski definition) is 2. The van der Waals surface area contributed by atoms with Gasteiger partial charge in [-0.25, -0.2) is 5.43 Å². The number of hydrazine groups is 1. The van der Waals surface area contributed by atoms with E-state index in [1.54, 1.807) is 0 Å². The Hall–Kier alpha value is -2.00. The first-order valence-corrected chi connectivity index (χ1v) is 6.30. The van der Waals surface area contributed by atoms with Crippen LogP contribution in [0.25, 0.3) is 11.0 Å². The second-order valence-corrected chi connectivity index (χ2v) is 4.80. The Labute approximate surface area is 105 Å². The van der Waals surface area contributed by atoms with Crippen LogP contribution in [0.4, 0.5) is 5.69 Å². The molecule has 2 heterocycles. The number of hydrogen-bond acceptors (Lipinski definition) is 3. The molecule has 18 heavy (non-hydrogen) atoms. The van der Waals surface area contributed by atoms with Crippen LogP contribution in [0.2, 0.25) is 0 Å². The van der Waals surface area contributed by atoms with Gasteiger partial charge in [-0.3, -0.25) is 0 Å². The normalized spacial score (nSPS) is 25.3. The highest BCUT2D eigenvalue weighted by Gasteiger charge is 2.33. The van der Waals surface area contributed by atoms with Gasteiger partial charge in [0.25, 0.3) is 0 Å². The molecule has 0 spiro atoms. The molecule has 0 radical (unpaired) electrons. The highest BCUT2D eigenvalue weighted by Crippen LogP contribution is 2.42. The third kappa shape index (κ3) is 1.34. The van der Waals surface area contributed by atoms with Crippen LogP contribution in [0.1, 0.15) is 18.2 Å². The zero-order valence-electron chi connectivity index (χ0n) is 9.89. The van der Waals surface area contributed by atoms with Crippen molar-refractivity contribution in [3.63, 3.8) is 0 Å². The largest absolute Gasteiger partial charge is 0.457 e. The van der Waals surface area contributed by atoms with Gasteiger partial charge in [-0.1, -0.05) is 36.4 Å². The van der Waals surface area contributed by atoms with Crippen molar-refractivity contribution in [2.45, 2.75) is 12.5 Å². The number of rotatable bonds is 1. The van der Waals surface area contributed by atoms with Crippen LogP contribution in [0, 0.1) is 5.92 Å². The maximum atomic E-state index is 5.99. The summed E-state index contributed by atoms with van der Waals surface area (Å²) in [6.07, 6.45) is 9.69. The first-order chi connectivity index (χ1) is 8.93. The second kappa shape index (κ2) is 3.75.